The molecule has 0 bridgehead atoms. The molecule has 2 aliphatic rings. The van der Waals surface area contributed by atoms with Gasteiger partial charge < -0.3 is 4.90 Å². The first-order valence-corrected chi connectivity index (χ1v) is 6.87. The van der Waals surface area contributed by atoms with E-state index in [0.29, 0.717) is 11.7 Å². The van der Waals surface area contributed by atoms with E-state index in [4.69, 9.17) is 5.26 Å². The predicted octanol–water partition coefficient (Wildman–Crippen LogP) is 2.51. The molecule has 0 radical (unpaired) electrons. The lowest BCUT2D eigenvalue weighted by Gasteiger charge is -2.44. The molecule has 0 aromatic carbocycles. The Morgan fingerprint density at radius 2 is 1.94 bits per heavy atom. The third-order valence-electron chi connectivity index (χ3n) is 4.29. The first-order chi connectivity index (χ1) is 8.88. The number of aromatic nitrogens is 2. The predicted molar refractivity (Wildman–Crippen MR) is 69.1 cm³/mol. The van der Waals surface area contributed by atoms with Crippen molar-refractivity contribution >= 4 is 5.82 Å². The molecule has 1 saturated carbocycles. The van der Waals surface area contributed by atoms with Gasteiger partial charge in [-0.25, -0.2) is 9.97 Å². The molecule has 4 heteroatoms. The largest absolute Gasteiger partial charge is 0.352 e. The highest BCUT2D eigenvalue weighted by Crippen LogP contribution is 2.36. The van der Waals surface area contributed by atoms with Crippen LogP contribution in [0.5, 0.6) is 0 Å². The maximum Gasteiger partial charge on any atom is 0.158 e. The molecule has 2 heterocycles. The zero-order chi connectivity index (χ0) is 12.4. The summed E-state index contributed by atoms with van der Waals surface area (Å²) < 4.78 is 0. The van der Waals surface area contributed by atoms with E-state index in [1.54, 1.807) is 12.4 Å². The molecule has 94 valence electrons. The van der Waals surface area contributed by atoms with Crippen LogP contribution >= 0.6 is 0 Å². The van der Waals surface area contributed by atoms with Crippen LogP contribution in [0.2, 0.25) is 0 Å². The summed E-state index contributed by atoms with van der Waals surface area (Å²) in [5, 5.41) is 8.76. The first kappa shape index (κ1) is 11.5. The fourth-order valence-corrected chi connectivity index (χ4v) is 3.44. The summed E-state index contributed by atoms with van der Waals surface area (Å²) in [7, 11) is 0. The van der Waals surface area contributed by atoms with Crippen LogP contribution in [0.4, 0.5) is 5.82 Å². The van der Waals surface area contributed by atoms with Crippen molar-refractivity contribution in [1.29, 1.82) is 5.26 Å². The number of hydrogen-bond donors (Lipinski definition) is 0. The average Bonchev–Trinajstić information content (AvgIpc) is 2.47. The molecule has 2 atom stereocenters. The van der Waals surface area contributed by atoms with Gasteiger partial charge in [-0.05, 0) is 31.6 Å². The van der Waals surface area contributed by atoms with E-state index in [1.165, 1.54) is 38.5 Å². The summed E-state index contributed by atoms with van der Waals surface area (Å²) in [5.41, 5.74) is 0.399. The number of hydrogen-bond acceptors (Lipinski definition) is 4. The molecule has 0 N–H and O–H groups in total. The molecule has 0 spiro atoms. The number of fused-ring (bicyclic) bond motifs is 1. The fourth-order valence-electron chi connectivity index (χ4n) is 3.44. The zero-order valence-electron chi connectivity index (χ0n) is 10.5. The van der Waals surface area contributed by atoms with Gasteiger partial charge >= 0.3 is 0 Å². The molecule has 1 saturated heterocycles. The van der Waals surface area contributed by atoms with Crippen LogP contribution in [0.1, 0.15) is 44.2 Å². The second-order valence-corrected chi connectivity index (χ2v) is 5.32. The molecule has 1 aliphatic heterocycles. The lowest BCUT2D eigenvalue weighted by molar-refractivity contribution is 0.242. The van der Waals surface area contributed by atoms with Crippen molar-refractivity contribution in [2.24, 2.45) is 5.92 Å². The Labute approximate surface area is 108 Å². The van der Waals surface area contributed by atoms with Gasteiger partial charge in [0.25, 0.3) is 0 Å². The number of anilines is 1. The highest BCUT2D eigenvalue weighted by molar-refractivity contribution is 5.39. The van der Waals surface area contributed by atoms with Crippen LogP contribution in [0, 0.1) is 17.2 Å². The Morgan fingerprint density at radius 3 is 2.72 bits per heavy atom. The van der Waals surface area contributed by atoms with Crippen molar-refractivity contribution in [3.8, 4) is 6.07 Å². The summed E-state index contributed by atoms with van der Waals surface area (Å²) in [5.74, 6) is 1.79. The minimum Gasteiger partial charge on any atom is -0.352 e. The maximum atomic E-state index is 8.76. The second kappa shape index (κ2) is 4.93. The molecule has 1 aliphatic carbocycles. The molecular weight excluding hydrogens is 224 g/mol. The summed E-state index contributed by atoms with van der Waals surface area (Å²) in [6.07, 6.45) is 11.3. The van der Waals surface area contributed by atoms with Gasteiger partial charge in [0.15, 0.2) is 5.69 Å². The van der Waals surface area contributed by atoms with Crippen LogP contribution in [0.15, 0.2) is 12.4 Å². The van der Waals surface area contributed by atoms with Crippen molar-refractivity contribution in [1.82, 2.24) is 9.97 Å². The van der Waals surface area contributed by atoms with Gasteiger partial charge in [-0.2, -0.15) is 5.26 Å². The lowest BCUT2D eigenvalue weighted by Crippen LogP contribution is -2.47. The Hall–Kier alpha value is -1.63. The third-order valence-corrected chi connectivity index (χ3v) is 4.29. The van der Waals surface area contributed by atoms with Gasteiger partial charge in [-0.3, -0.25) is 0 Å². The van der Waals surface area contributed by atoms with Crippen LogP contribution in [-0.4, -0.2) is 22.6 Å². The third kappa shape index (κ3) is 2.05. The van der Waals surface area contributed by atoms with Gasteiger partial charge in [0, 0.05) is 12.6 Å². The SMILES string of the molecule is N#Cc1cnc(N2CCC[C@H]3CCCC[C@H]32)cn1. The summed E-state index contributed by atoms with van der Waals surface area (Å²) >= 11 is 0. The van der Waals surface area contributed by atoms with E-state index in [2.05, 4.69) is 14.9 Å². The Bertz CT molecular complexity index is 446. The lowest BCUT2D eigenvalue weighted by atomic mass is 9.78. The van der Waals surface area contributed by atoms with Crippen molar-refractivity contribution in [2.45, 2.75) is 44.6 Å². The quantitative estimate of drug-likeness (QED) is 0.759. The van der Waals surface area contributed by atoms with E-state index in [0.717, 1.165) is 18.3 Å². The minimum atomic E-state index is 0.399. The van der Waals surface area contributed by atoms with E-state index in [1.807, 2.05) is 6.07 Å². The minimum absolute atomic E-state index is 0.399. The average molecular weight is 242 g/mol. The molecule has 1 aromatic heterocycles. The molecule has 1 aromatic rings. The first-order valence-electron chi connectivity index (χ1n) is 6.87. The Kier molecular flexibility index (Phi) is 3.14. The highest BCUT2D eigenvalue weighted by Gasteiger charge is 2.33. The topological polar surface area (TPSA) is 52.8 Å². The van der Waals surface area contributed by atoms with Crippen LogP contribution in [0.25, 0.3) is 0 Å². The van der Waals surface area contributed by atoms with E-state index in [9.17, 15) is 0 Å². The second-order valence-electron chi connectivity index (χ2n) is 5.32. The van der Waals surface area contributed by atoms with E-state index in [-0.39, 0.29) is 0 Å². The molecule has 18 heavy (non-hydrogen) atoms. The highest BCUT2D eigenvalue weighted by atomic mass is 15.2. The number of rotatable bonds is 1. The molecule has 3 rings (SSSR count). The van der Waals surface area contributed by atoms with Gasteiger partial charge in [-0.1, -0.05) is 12.8 Å². The van der Waals surface area contributed by atoms with Crippen molar-refractivity contribution < 1.29 is 0 Å². The van der Waals surface area contributed by atoms with Crippen LogP contribution < -0.4 is 4.90 Å². The zero-order valence-corrected chi connectivity index (χ0v) is 10.5. The summed E-state index contributed by atoms with van der Waals surface area (Å²) in [6.45, 7) is 1.09. The molecular formula is C14H18N4. The molecule has 2 fully saturated rings. The van der Waals surface area contributed by atoms with Gasteiger partial charge in [-0.15, -0.1) is 0 Å². The van der Waals surface area contributed by atoms with Crippen molar-refractivity contribution in [3.05, 3.63) is 18.1 Å². The van der Waals surface area contributed by atoms with E-state index < -0.39 is 0 Å². The molecule has 0 amide bonds. The number of nitriles is 1. The standard InChI is InChI=1S/C14H18N4/c15-8-12-9-17-14(10-16-12)18-7-3-5-11-4-1-2-6-13(11)18/h9-11,13H,1-7H2/t11-,13-/m1/s1. The summed E-state index contributed by atoms with van der Waals surface area (Å²) in [6, 6.07) is 2.67. The Balaban J connectivity index is 1.82. The van der Waals surface area contributed by atoms with Crippen molar-refractivity contribution in [3.63, 3.8) is 0 Å². The number of piperidine rings is 1. The Morgan fingerprint density at radius 1 is 1.11 bits per heavy atom. The van der Waals surface area contributed by atoms with E-state index >= 15 is 0 Å². The summed E-state index contributed by atoms with van der Waals surface area (Å²) in [4.78, 5) is 11.0. The molecule has 0 unspecified atom stereocenters. The van der Waals surface area contributed by atoms with Gasteiger partial charge in [0.2, 0.25) is 0 Å². The smallest absolute Gasteiger partial charge is 0.158 e. The molecule has 4 nitrogen and oxygen atoms in total. The van der Waals surface area contributed by atoms with Gasteiger partial charge in [0.1, 0.15) is 11.9 Å². The van der Waals surface area contributed by atoms with Crippen LogP contribution in [0.3, 0.4) is 0 Å². The van der Waals surface area contributed by atoms with Gasteiger partial charge in [0.05, 0.1) is 12.4 Å². The maximum absolute atomic E-state index is 8.76. The number of nitrogens with zero attached hydrogens (tertiary/aromatic N) is 4. The normalized spacial score (nSPS) is 27.4. The van der Waals surface area contributed by atoms with Crippen molar-refractivity contribution in [2.75, 3.05) is 11.4 Å². The van der Waals surface area contributed by atoms with Crippen LogP contribution in [-0.2, 0) is 0 Å². The fraction of sp³-hybridized carbons (Fsp3) is 0.643. The monoisotopic (exact) mass is 242 g/mol.